The summed E-state index contributed by atoms with van der Waals surface area (Å²) < 4.78 is 11.6. The number of aromatic nitrogens is 1. The normalized spacial score (nSPS) is 11.3. The fourth-order valence-corrected chi connectivity index (χ4v) is 4.81. The van der Waals surface area contributed by atoms with Crippen molar-refractivity contribution >= 4 is 57.6 Å². The Kier molecular flexibility index (Phi) is 10.4. The van der Waals surface area contributed by atoms with Gasteiger partial charge in [0, 0.05) is 27.6 Å². The molecule has 0 unspecified atom stereocenters. The molecule has 0 radical (unpaired) electrons. The summed E-state index contributed by atoms with van der Waals surface area (Å²) in [5.41, 5.74) is 2.00. The molecule has 0 aliphatic rings. The van der Waals surface area contributed by atoms with E-state index < -0.39 is 11.9 Å². The second-order valence-electron chi connectivity index (χ2n) is 8.22. The molecule has 0 spiro atoms. The number of hydrogen-bond donors (Lipinski definition) is 2. The number of thiazole rings is 1. The Bertz CT molecular complexity index is 1280. The van der Waals surface area contributed by atoms with Crippen molar-refractivity contribution < 1.29 is 24.2 Å². The van der Waals surface area contributed by atoms with E-state index in [1.165, 1.54) is 42.9 Å². The summed E-state index contributed by atoms with van der Waals surface area (Å²) in [4.78, 5) is 28.5. The molecule has 0 saturated carbocycles. The Hall–Kier alpha value is -3.07. The van der Waals surface area contributed by atoms with E-state index in [9.17, 15) is 9.59 Å². The molecule has 0 aliphatic heterocycles. The zero-order valence-corrected chi connectivity index (χ0v) is 23.1. The highest BCUT2D eigenvalue weighted by Crippen LogP contribution is 2.39. The standard InChI is InChI=1S/C27H28Cl2N2O5S/c1-4-5-6-7-11-36-23-10-8-9-18(24(23)35-3)22-15-37-27(30-22)31-25(32)17-13-20(28)19(21(29)14-17)12-16(2)26(33)34/h8-10,12-15H,4-7,11H2,1-3H3,(H,33,34)(H,30,31,32)/b16-12+. The lowest BCUT2D eigenvalue weighted by molar-refractivity contribution is -0.132. The lowest BCUT2D eigenvalue weighted by Crippen LogP contribution is -2.12. The lowest BCUT2D eigenvalue weighted by Gasteiger charge is -2.13. The van der Waals surface area contributed by atoms with Crippen LogP contribution in [0, 0.1) is 0 Å². The van der Waals surface area contributed by atoms with E-state index in [0.717, 1.165) is 24.8 Å². The van der Waals surface area contributed by atoms with E-state index in [-0.39, 0.29) is 21.2 Å². The monoisotopic (exact) mass is 562 g/mol. The summed E-state index contributed by atoms with van der Waals surface area (Å²) in [7, 11) is 1.59. The molecule has 0 saturated heterocycles. The van der Waals surface area contributed by atoms with Crippen molar-refractivity contribution in [2.45, 2.75) is 39.5 Å². The maximum absolute atomic E-state index is 12.9. The molecule has 1 aromatic heterocycles. The molecule has 3 aromatic rings. The van der Waals surface area contributed by atoms with E-state index in [2.05, 4.69) is 17.2 Å². The first-order valence-corrected chi connectivity index (χ1v) is 13.4. The van der Waals surface area contributed by atoms with Gasteiger partial charge in [-0.25, -0.2) is 9.78 Å². The molecule has 1 heterocycles. The highest BCUT2D eigenvalue weighted by atomic mass is 35.5. The third-order valence-corrected chi connectivity index (χ3v) is 6.86. The predicted molar refractivity (Wildman–Crippen MR) is 149 cm³/mol. The fourth-order valence-electron chi connectivity index (χ4n) is 3.51. The van der Waals surface area contributed by atoms with E-state index in [4.69, 9.17) is 37.8 Å². The SMILES string of the molecule is CCCCCCOc1cccc(-c2csc(NC(=O)c3cc(Cl)c(/C=C(\C)C(=O)O)c(Cl)c3)n2)c1OC. The number of benzene rings is 2. The van der Waals surface area contributed by atoms with E-state index in [1.807, 2.05) is 23.6 Å². The number of carboxylic acids is 1. The molecule has 0 atom stereocenters. The number of hydrogen-bond acceptors (Lipinski definition) is 6. The van der Waals surface area contributed by atoms with Gasteiger partial charge in [0.1, 0.15) is 0 Å². The zero-order valence-electron chi connectivity index (χ0n) is 20.8. The molecule has 0 fully saturated rings. The van der Waals surface area contributed by atoms with Crippen molar-refractivity contribution in [1.29, 1.82) is 0 Å². The van der Waals surface area contributed by atoms with Crippen LogP contribution in [-0.2, 0) is 4.79 Å². The van der Waals surface area contributed by atoms with Gasteiger partial charge in [0.05, 0.1) is 29.5 Å². The van der Waals surface area contributed by atoms with E-state index in [1.54, 1.807) is 7.11 Å². The van der Waals surface area contributed by atoms with Crippen LogP contribution in [0.1, 0.15) is 55.5 Å². The first-order valence-electron chi connectivity index (χ1n) is 11.7. The molecule has 7 nitrogen and oxygen atoms in total. The molecular formula is C27H28Cl2N2O5S. The van der Waals surface area contributed by atoms with Gasteiger partial charge in [0.15, 0.2) is 16.6 Å². The number of amides is 1. The molecule has 0 bridgehead atoms. The Balaban J connectivity index is 1.76. The Morgan fingerprint density at radius 1 is 1.16 bits per heavy atom. The van der Waals surface area contributed by atoms with Crippen molar-refractivity contribution in [2.24, 2.45) is 0 Å². The average Bonchev–Trinajstić information content (AvgIpc) is 3.33. The van der Waals surface area contributed by atoms with Gasteiger partial charge < -0.3 is 14.6 Å². The van der Waals surface area contributed by atoms with Crippen molar-refractivity contribution in [3.8, 4) is 22.8 Å². The number of aliphatic carboxylic acids is 1. The number of ether oxygens (including phenoxy) is 2. The van der Waals surface area contributed by atoms with Crippen molar-refractivity contribution in [3.05, 3.63) is 62.5 Å². The number of nitrogens with zero attached hydrogens (tertiary/aromatic N) is 1. The zero-order chi connectivity index (χ0) is 26.9. The summed E-state index contributed by atoms with van der Waals surface area (Å²) in [6, 6.07) is 8.49. The van der Waals surface area contributed by atoms with Crippen LogP contribution in [0.25, 0.3) is 17.3 Å². The lowest BCUT2D eigenvalue weighted by atomic mass is 10.1. The second kappa shape index (κ2) is 13.5. The number of carbonyl (C=O) groups is 2. The third-order valence-electron chi connectivity index (χ3n) is 5.48. The first kappa shape index (κ1) is 28.5. The minimum atomic E-state index is -1.09. The van der Waals surface area contributed by atoms with Gasteiger partial charge in [-0.1, -0.05) is 55.5 Å². The minimum absolute atomic E-state index is 0.0673. The van der Waals surface area contributed by atoms with Gasteiger partial charge in [-0.15, -0.1) is 11.3 Å². The first-order chi connectivity index (χ1) is 17.7. The highest BCUT2D eigenvalue weighted by Gasteiger charge is 2.18. The van der Waals surface area contributed by atoms with Gasteiger partial charge in [0.25, 0.3) is 5.91 Å². The van der Waals surface area contributed by atoms with Crippen LogP contribution in [-0.4, -0.2) is 35.7 Å². The Labute approximate surface area is 230 Å². The molecule has 37 heavy (non-hydrogen) atoms. The number of halogens is 2. The number of unbranched alkanes of at least 4 members (excludes halogenated alkanes) is 3. The molecule has 2 N–H and O–H groups in total. The second-order valence-corrected chi connectivity index (χ2v) is 9.90. The Morgan fingerprint density at radius 3 is 2.54 bits per heavy atom. The van der Waals surface area contributed by atoms with Gasteiger partial charge in [0.2, 0.25) is 0 Å². The highest BCUT2D eigenvalue weighted by molar-refractivity contribution is 7.14. The molecule has 2 aromatic carbocycles. The van der Waals surface area contributed by atoms with E-state index in [0.29, 0.717) is 34.5 Å². The molecule has 1 amide bonds. The van der Waals surface area contributed by atoms with Crippen molar-refractivity contribution in [1.82, 2.24) is 4.98 Å². The summed E-state index contributed by atoms with van der Waals surface area (Å²) in [5, 5.41) is 14.4. The largest absolute Gasteiger partial charge is 0.492 e. The van der Waals surface area contributed by atoms with Crippen LogP contribution in [0.4, 0.5) is 5.13 Å². The van der Waals surface area contributed by atoms with Crippen LogP contribution in [0.15, 0.2) is 41.3 Å². The summed E-state index contributed by atoms with van der Waals surface area (Å²) in [5.74, 6) is -0.313. The molecule has 3 rings (SSSR count). The summed E-state index contributed by atoms with van der Waals surface area (Å²) >= 11 is 13.8. The minimum Gasteiger partial charge on any atom is -0.492 e. The maximum Gasteiger partial charge on any atom is 0.331 e. The molecule has 0 aliphatic carbocycles. The predicted octanol–water partition coefficient (Wildman–Crippen LogP) is 7.82. The number of nitrogens with one attached hydrogen (secondary N) is 1. The number of rotatable bonds is 12. The van der Waals surface area contributed by atoms with Crippen LogP contribution >= 0.6 is 34.5 Å². The number of carboxylic acid groups (broad SMARTS) is 1. The number of para-hydroxylation sites is 1. The fraction of sp³-hybridized carbons (Fsp3) is 0.296. The van der Waals surface area contributed by atoms with Crippen LogP contribution in [0.3, 0.4) is 0 Å². The summed E-state index contributed by atoms with van der Waals surface area (Å²) in [6.07, 6.45) is 5.79. The van der Waals surface area contributed by atoms with Gasteiger partial charge >= 0.3 is 5.97 Å². The van der Waals surface area contributed by atoms with Crippen LogP contribution < -0.4 is 14.8 Å². The maximum atomic E-state index is 12.9. The topological polar surface area (TPSA) is 97.8 Å². The van der Waals surface area contributed by atoms with Crippen molar-refractivity contribution in [3.63, 3.8) is 0 Å². The number of carbonyl (C=O) groups excluding carboxylic acids is 1. The number of anilines is 1. The quantitative estimate of drug-likeness (QED) is 0.172. The average molecular weight is 564 g/mol. The smallest absolute Gasteiger partial charge is 0.331 e. The van der Waals surface area contributed by atoms with Crippen molar-refractivity contribution in [2.75, 3.05) is 19.0 Å². The van der Waals surface area contributed by atoms with E-state index >= 15 is 0 Å². The molecule has 196 valence electrons. The Morgan fingerprint density at radius 2 is 1.89 bits per heavy atom. The summed E-state index contributed by atoms with van der Waals surface area (Å²) in [6.45, 7) is 4.20. The third kappa shape index (κ3) is 7.47. The molecular weight excluding hydrogens is 535 g/mol. The van der Waals surface area contributed by atoms with Crippen LogP contribution in [0.2, 0.25) is 10.0 Å². The number of methoxy groups -OCH3 is 1. The van der Waals surface area contributed by atoms with Gasteiger partial charge in [-0.05, 0) is 43.7 Å². The van der Waals surface area contributed by atoms with Crippen LogP contribution in [0.5, 0.6) is 11.5 Å². The van der Waals surface area contributed by atoms with Gasteiger partial charge in [-0.3, -0.25) is 10.1 Å². The van der Waals surface area contributed by atoms with Gasteiger partial charge in [-0.2, -0.15) is 0 Å². The molecule has 10 heteroatoms.